The maximum Gasteiger partial charge on any atom is 0.312 e. The van der Waals surface area contributed by atoms with Gasteiger partial charge in [0.15, 0.2) is 5.75 Å². The smallest absolute Gasteiger partial charge is 0.312 e. The van der Waals surface area contributed by atoms with Gasteiger partial charge in [0.1, 0.15) is 6.61 Å². The van der Waals surface area contributed by atoms with E-state index in [0.29, 0.717) is 10.7 Å². The van der Waals surface area contributed by atoms with Crippen molar-refractivity contribution in [1.29, 1.82) is 0 Å². The predicted molar refractivity (Wildman–Crippen MR) is 76.2 cm³/mol. The molecule has 0 atom stereocenters. The van der Waals surface area contributed by atoms with Crippen LogP contribution in [-0.2, 0) is 6.61 Å². The zero-order chi connectivity index (χ0) is 14.5. The molecule has 2 rings (SSSR count). The fourth-order valence-corrected chi connectivity index (χ4v) is 1.79. The normalized spacial score (nSPS) is 10.1. The maximum absolute atomic E-state index is 10.9. The third kappa shape index (κ3) is 3.36. The number of hydrogen-bond acceptors (Lipinski definition) is 5. The van der Waals surface area contributed by atoms with Gasteiger partial charge in [0.25, 0.3) is 0 Å². The summed E-state index contributed by atoms with van der Waals surface area (Å²) < 4.78 is 5.45. The van der Waals surface area contributed by atoms with Crippen molar-refractivity contribution in [3.05, 3.63) is 57.4 Å². The molecular weight excluding hydrogens is 282 g/mol. The number of pyridine rings is 1. The van der Waals surface area contributed by atoms with Crippen LogP contribution in [0, 0.1) is 10.1 Å². The zero-order valence-electron chi connectivity index (χ0n) is 10.7. The number of anilines is 1. The van der Waals surface area contributed by atoms with Crippen LogP contribution in [0.4, 0.5) is 11.4 Å². The Kier molecular flexibility index (Phi) is 4.37. The molecular formula is C13H12ClN3O3. The van der Waals surface area contributed by atoms with Gasteiger partial charge in [0, 0.05) is 30.0 Å². The Labute approximate surface area is 120 Å². The number of aromatic nitrogens is 1. The van der Waals surface area contributed by atoms with Crippen molar-refractivity contribution in [3.63, 3.8) is 0 Å². The molecule has 0 fully saturated rings. The Morgan fingerprint density at radius 3 is 2.90 bits per heavy atom. The molecule has 1 aromatic carbocycles. The lowest BCUT2D eigenvalue weighted by molar-refractivity contribution is -0.385. The van der Waals surface area contributed by atoms with Crippen molar-refractivity contribution in [2.45, 2.75) is 6.61 Å². The van der Waals surface area contributed by atoms with E-state index in [9.17, 15) is 10.1 Å². The highest BCUT2D eigenvalue weighted by molar-refractivity contribution is 6.30. The number of nitrogens with one attached hydrogen (secondary N) is 1. The second-order valence-electron chi connectivity index (χ2n) is 3.94. The van der Waals surface area contributed by atoms with Gasteiger partial charge in [0.2, 0.25) is 0 Å². The summed E-state index contributed by atoms with van der Waals surface area (Å²) in [6.07, 6.45) is 1.64. The van der Waals surface area contributed by atoms with E-state index in [4.69, 9.17) is 16.3 Å². The number of hydrogen-bond donors (Lipinski definition) is 1. The van der Waals surface area contributed by atoms with Crippen LogP contribution in [-0.4, -0.2) is 17.0 Å². The lowest BCUT2D eigenvalue weighted by Gasteiger charge is -2.07. The molecule has 0 radical (unpaired) electrons. The molecule has 0 spiro atoms. The molecule has 0 bridgehead atoms. The summed E-state index contributed by atoms with van der Waals surface area (Å²) in [5, 5.41) is 14.2. The second-order valence-corrected chi connectivity index (χ2v) is 4.38. The number of benzene rings is 1. The number of ether oxygens (including phenoxy) is 1. The van der Waals surface area contributed by atoms with Gasteiger partial charge in [-0.15, -0.1) is 0 Å². The van der Waals surface area contributed by atoms with Crippen LogP contribution in [0.2, 0.25) is 5.02 Å². The van der Waals surface area contributed by atoms with Crippen LogP contribution in [0.3, 0.4) is 0 Å². The van der Waals surface area contributed by atoms with E-state index in [2.05, 4.69) is 10.3 Å². The second kappa shape index (κ2) is 6.21. The Morgan fingerprint density at radius 2 is 2.20 bits per heavy atom. The molecule has 0 amide bonds. The molecule has 104 valence electrons. The van der Waals surface area contributed by atoms with E-state index < -0.39 is 4.92 Å². The lowest BCUT2D eigenvalue weighted by atomic mass is 10.3. The van der Waals surface area contributed by atoms with Crippen molar-refractivity contribution in [1.82, 2.24) is 4.98 Å². The average Bonchev–Trinajstić information content (AvgIpc) is 2.46. The highest BCUT2D eigenvalue weighted by Crippen LogP contribution is 2.30. The molecule has 0 saturated carbocycles. The fourth-order valence-electron chi connectivity index (χ4n) is 1.62. The molecule has 0 aliphatic heterocycles. The van der Waals surface area contributed by atoms with E-state index in [1.807, 2.05) is 12.1 Å². The number of nitro groups is 1. The topological polar surface area (TPSA) is 77.3 Å². The Hall–Kier alpha value is -2.34. The van der Waals surface area contributed by atoms with E-state index >= 15 is 0 Å². The minimum absolute atomic E-state index is 0.137. The summed E-state index contributed by atoms with van der Waals surface area (Å²) in [5.74, 6) is 0.163. The summed E-state index contributed by atoms with van der Waals surface area (Å²) in [4.78, 5) is 14.5. The monoisotopic (exact) mass is 293 g/mol. The van der Waals surface area contributed by atoms with Gasteiger partial charge in [-0.25, -0.2) is 0 Å². The van der Waals surface area contributed by atoms with Gasteiger partial charge in [0.05, 0.1) is 10.6 Å². The first kappa shape index (κ1) is 14.1. The Balaban J connectivity index is 2.16. The van der Waals surface area contributed by atoms with Crippen LogP contribution < -0.4 is 10.1 Å². The number of rotatable bonds is 5. The summed E-state index contributed by atoms with van der Waals surface area (Å²) >= 11 is 5.74. The van der Waals surface area contributed by atoms with E-state index in [1.54, 1.807) is 19.3 Å². The van der Waals surface area contributed by atoms with Gasteiger partial charge in [-0.05, 0) is 24.3 Å². The van der Waals surface area contributed by atoms with Crippen molar-refractivity contribution >= 4 is 23.0 Å². The van der Waals surface area contributed by atoms with Gasteiger partial charge < -0.3 is 10.1 Å². The van der Waals surface area contributed by atoms with Crippen molar-refractivity contribution in [2.24, 2.45) is 0 Å². The van der Waals surface area contributed by atoms with E-state index in [1.165, 1.54) is 12.1 Å². The first-order valence-electron chi connectivity index (χ1n) is 5.79. The Bertz CT molecular complexity index is 634. The van der Waals surface area contributed by atoms with Crippen LogP contribution in [0.25, 0.3) is 0 Å². The molecule has 20 heavy (non-hydrogen) atoms. The van der Waals surface area contributed by atoms with Crippen molar-refractivity contribution < 1.29 is 9.66 Å². The molecule has 1 heterocycles. The summed E-state index contributed by atoms with van der Waals surface area (Å²) in [6.45, 7) is 0.137. The first-order chi connectivity index (χ1) is 9.60. The third-order valence-corrected chi connectivity index (χ3v) is 2.83. The molecule has 2 aromatic rings. The highest BCUT2D eigenvalue weighted by atomic mass is 35.5. The molecule has 0 aliphatic rings. The quantitative estimate of drug-likeness (QED) is 0.676. The van der Waals surface area contributed by atoms with Crippen molar-refractivity contribution in [2.75, 3.05) is 12.4 Å². The minimum Gasteiger partial charge on any atom is -0.480 e. The summed E-state index contributed by atoms with van der Waals surface area (Å²) in [5.41, 5.74) is 1.40. The molecule has 1 aromatic heterocycles. The van der Waals surface area contributed by atoms with Gasteiger partial charge in [-0.2, -0.15) is 0 Å². The lowest BCUT2D eigenvalue weighted by Crippen LogP contribution is -2.01. The fraction of sp³-hybridized carbons (Fsp3) is 0.154. The molecule has 6 nitrogen and oxygen atoms in total. The van der Waals surface area contributed by atoms with Gasteiger partial charge in [-0.3, -0.25) is 15.1 Å². The van der Waals surface area contributed by atoms with E-state index in [-0.39, 0.29) is 18.0 Å². The molecule has 0 aliphatic carbocycles. The predicted octanol–water partition coefficient (Wildman–Crippen LogP) is 3.26. The molecule has 0 unspecified atom stereocenters. The molecule has 0 saturated heterocycles. The van der Waals surface area contributed by atoms with E-state index in [0.717, 1.165) is 5.69 Å². The Morgan fingerprint density at radius 1 is 1.40 bits per heavy atom. The number of nitrogens with zero attached hydrogens (tertiary/aromatic N) is 2. The summed E-state index contributed by atoms with van der Waals surface area (Å²) in [7, 11) is 1.80. The van der Waals surface area contributed by atoms with Gasteiger partial charge in [-0.1, -0.05) is 11.6 Å². The van der Waals surface area contributed by atoms with Crippen LogP contribution >= 0.6 is 11.6 Å². The van der Waals surface area contributed by atoms with Crippen LogP contribution in [0.1, 0.15) is 5.69 Å². The summed E-state index contributed by atoms with van der Waals surface area (Å²) in [6, 6.07) is 7.90. The largest absolute Gasteiger partial charge is 0.480 e. The highest BCUT2D eigenvalue weighted by Gasteiger charge is 2.15. The third-order valence-electron chi connectivity index (χ3n) is 2.60. The standard InChI is InChI=1S/C13H12ClN3O3/c1-15-10-4-5-16-11(7-10)8-20-13-3-2-9(14)6-12(13)17(18)19/h2-7H,8H2,1H3,(H,15,16). The zero-order valence-corrected chi connectivity index (χ0v) is 11.4. The first-order valence-corrected chi connectivity index (χ1v) is 6.17. The average molecular weight is 294 g/mol. The van der Waals surface area contributed by atoms with Crippen molar-refractivity contribution in [3.8, 4) is 5.75 Å². The minimum atomic E-state index is -0.529. The van der Waals surface area contributed by atoms with Crippen LogP contribution in [0.5, 0.6) is 5.75 Å². The van der Waals surface area contributed by atoms with Crippen LogP contribution in [0.15, 0.2) is 36.5 Å². The molecule has 1 N–H and O–H groups in total. The number of halogens is 1. The number of nitro benzene ring substituents is 1. The maximum atomic E-state index is 10.9. The van der Waals surface area contributed by atoms with Gasteiger partial charge >= 0.3 is 5.69 Å². The molecule has 7 heteroatoms. The SMILES string of the molecule is CNc1ccnc(COc2ccc(Cl)cc2[N+](=O)[O-])c1.